The van der Waals surface area contributed by atoms with E-state index in [-0.39, 0.29) is 0 Å². The minimum Gasteiger partial charge on any atom is -0.385 e. The lowest BCUT2D eigenvalue weighted by atomic mass is 10.1. The van der Waals surface area contributed by atoms with E-state index in [9.17, 15) is 0 Å². The normalized spacial score (nSPS) is 10.7. The van der Waals surface area contributed by atoms with Crippen LogP contribution in [0.25, 0.3) is 5.69 Å². The molecule has 0 atom stereocenters. The zero-order valence-electron chi connectivity index (χ0n) is 12.3. The van der Waals surface area contributed by atoms with E-state index in [4.69, 9.17) is 0 Å². The van der Waals surface area contributed by atoms with Crippen molar-refractivity contribution in [1.29, 1.82) is 0 Å². The molecule has 0 aliphatic carbocycles. The van der Waals surface area contributed by atoms with Crippen LogP contribution in [0.5, 0.6) is 0 Å². The van der Waals surface area contributed by atoms with E-state index < -0.39 is 0 Å². The first-order chi connectivity index (χ1) is 9.90. The van der Waals surface area contributed by atoms with E-state index in [0.717, 1.165) is 17.9 Å². The van der Waals surface area contributed by atoms with E-state index in [1.165, 1.54) is 38.5 Å². The third-order valence-electron chi connectivity index (χ3n) is 3.38. The van der Waals surface area contributed by atoms with Crippen molar-refractivity contribution in [3.05, 3.63) is 36.7 Å². The molecular weight excluding hydrogens is 248 g/mol. The molecule has 0 radical (unpaired) electrons. The lowest BCUT2D eigenvalue weighted by Gasteiger charge is -2.07. The summed E-state index contributed by atoms with van der Waals surface area (Å²) in [6, 6.07) is 8.22. The van der Waals surface area contributed by atoms with Crippen LogP contribution in [-0.4, -0.2) is 21.5 Å². The van der Waals surface area contributed by atoms with E-state index >= 15 is 0 Å². The lowest BCUT2D eigenvalue weighted by molar-refractivity contribution is 0.617. The van der Waals surface area contributed by atoms with E-state index in [2.05, 4.69) is 34.6 Å². The van der Waals surface area contributed by atoms with Gasteiger partial charge in [-0.3, -0.25) is 0 Å². The Balaban J connectivity index is 1.67. The molecule has 4 nitrogen and oxygen atoms in total. The van der Waals surface area contributed by atoms with Gasteiger partial charge in [-0.2, -0.15) is 15.0 Å². The van der Waals surface area contributed by atoms with Gasteiger partial charge in [0.1, 0.15) is 0 Å². The molecule has 0 saturated heterocycles. The Bertz CT molecular complexity index is 462. The molecule has 0 fully saturated rings. The third-order valence-corrected chi connectivity index (χ3v) is 3.38. The highest BCUT2D eigenvalue weighted by Crippen LogP contribution is 2.12. The highest BCUT2D eigenvalue weighted by atomic mass is 15.5. The Hall–Kier alpha value is -1.84. The Morgan fingerprint density at radius 2 is 1.55 bits per heavy atom. The molecule has 108 valence electrons. The van der Waals surface area contributed by atoms with Crippen molar-refractivity contribution in [2.75, 3.05) is 11.9 Å². The van der Waals surface area contributed by atoms with Gasteiger partial charge in [0.05, 0.1) is 18.1 Å². The quantitative estimate of drug-likeness (QED) is 0.701. The van der Waals surface area contributed by atoms with Crippen molar-refractivity contribution in [2.24, 2.45) is 0 Å². The number of anilines is 1. The molecule has 1 heterocycles. The predicted octanol–water partition coefficient (Wildman–Crippen LogP) is 4.04. The summed E-state index contributed by atoms with van der Waals surface area (Å²) in [5.41, 5.74) is 2.15. The summed E-state index contributed by atoms with van der Waals surface area (Å²) < 4.78 is 0. The molecule has 0 saturated carbocycles. The molecule has 1 N–H and O–H groups in total. The fraction of sp³-hybridized carbons (Fsp3) is 0.500. The Labute approximate surface area is 121 Å². The smallest absolute Gasteiger partial charge is 0.0858 e. The van der Waals surface area contributed by atoms with Crippen LogP contribution < -0.4 is 5.32 Å². The van der Waals surface area contributed by atoms with Gasteiger partial charge < -0.3 is 5.32 Å². The maximum atomic E-state index is 4.11. The van der Waals surface area contributed by atoms with Gasteiger partial charge in [0.2, 0.25) is 0 Å². The van der Waals surface area contributed by atoms with Gasteiger partial charge in [-0.25, -0.2) is 0 Å². The van der Waals surface area contributed by atoms with Crippen molar-refractivity contribution in [3.8, 4) is 5.69 Å². The summed E-state index contributed by atoms with van der Waals surface area (Å²) in [6.45, 7) is 3.30. The number of nitrogens with one attached hydrogen (secondary N) is 1. The van der Waals surface area contributed by atoms with Gasteiger partial charge in [-0.05, 0) is 30.7 Å². The summed E-state index contributed by atoms with van der Waals surface area (Å²) in [7, 11) is 0. The van der Waals surface area contributed by atoms with E-state index in [0.29, 0.717) is 0 Å². The molecule has 0 amide bonds. The maximum absolute atomic E-state index is 4.11. The number of nitrogens with zero attached hydrogens (tertiary/aromatic N) is 3. The van der Waals surface area contributed by atoms with Crippen LogP contribution in [0.1, 0.15) is 45.4 Å². The van der Waals surface area contributed by atoms with Gasteiger partial charge in [0, 0.05) is 12.2 Å². The van der Waals surface area contributed by atoms with Crippen LogP contribution in [0.4, 0.5) is 5.69 Å². The van der Waals surface area contributed by atoms with Crippen LogP contribution in [-0.2, 0) is 0 Å². The van der Waals surface area contributed by atoms with Crippen LogP contribution in [0, 0.1) is 0 Å². The van der Waals surface area contributed by atoms with Crippen LogP contribution in [0.2, 0.25) is 0 Å². The number of hydrogen-bond acceptors (Lipinski definition) is 3. The molecule has 20 heavy (non-hydrogen) atoms. The van der Waals surface area contributed by atoms with Gasteiger partial charge in [-0.1, -0.05) is 39.0 Å². The van der Waals surface area contributed by atoms with Crippen LogP contribution in [0.15, 0.2) is 36.7 Å². The second-order valence-electron chi connectivity index (χ2n) is 5.06. The molecular formula is C16H24N4. The summed E-state index contributed by atoms with van der Waals surface area (Å²) in [5.74, 6) is 0. The van der Waals surface area contributed by atoms with Crippen LogP contribution >= 0.6 is 0 Å². The van der Waals surface area contributed by atoms with Crippen molar-refractivity contribution in [3.63, 3.8) is 0 Å². The SMILES string of the molecule is CCCCCCCCNc1ccc(-n2nccn2)cc1. The molecule has 4 heteroatoms. The van der Waals surface area contributed by atoms with Crippen molar-refractivity contribution >= 4 is 5.69 Å². The molecule has 0 bridgehead atoms. The number of rotatable bonds is 9. The van der Waals surface area contributed by atoms with Gasteiger partial charge in [0.15, 0.2) is 0 Å². The molecule has 0 spiro atoms. The summed E-state index contributed by atoms with van der Waals surface area (Å²) in [6.07, 6.45) is 11.4. The average Bonchev–Trinajstić information content (AvgIpc) is 3.01. The maximum Gasteiger partial charge on any atom is 0.0858 e. The Morgan fingerprint density at radius 3 is 2.25 bits per heavy atom. The number of aromatic nitrogens is 3. The van der Waals surface area contributed by atoms with Gasteiger partial charge in [-0.15, -0.1) is 0 Å². The fourth-order valence-electron chi connectivity index (χ4n) is 2.20. The molecule has 1 aromatic carbocycles. The van der Waals surface area contributed by atoms with Gasteiger partial charge in [0.25, 0.3) is 0 Å². The highest BCUT2D eigenvalue weighted by molar-refractivity contribution is 5.47. The zero-order valence-corrected chi connectivity index (χ0v) is 12.3. The average molecular weight is 272 g/mol. The monoisotopic (exact) mass is 272 g/mol. The number of unbranched alkanes of at least 4 members (excludes halogenated alkanes) is 5. The first kappa shape index (κ1) is 14.6. The molecule has 0 aliphatic heterocycles. The number of benzene rings is 1. The van der Waals surface area contributed by atoms with Crippen molar-refractivity contribution in [2.45, 2.75) is 45.4 Å². The molecule has 2 rings (SSSR count). The Kier molecular flexibility index (Phi) is 6.08. The topological polar surface area (TPSA) is 42.7 Å². The second kappa shape index (κ2) is 8.35. The number of hydrogen-bond donors (Lipinski definition) is 1. The summed E-state index contributed by atoms with van der Waals surface area (Å²) in [4.78, 5) is 1.62. The Morgan fingerprint density at radius 1 is 0.900 bits per heavy atom. The summed E-state index contributed by atoms with van der Waals surface area (Å²) >= 11 is 0. The van der Waals surface area contributed by atoms with E-state index in [1.807, 2.05) is 12.1 Å². The second-order valence-corrected chi connectivity index (χ2v) is 5.06. The standard InChI is InChI=1S/C16H24N4/c1-2-3-4-5-6-7-12-17-15-8-10-16(11-9-15)20-18-13-14-19-20/h8-11,13-14,17H,2-7,12H2,1H3. The highest BCUT2D eigenvalue weighted by Gasteiger charge is 1.97. The minimum atomic E-state index is 0.986. The largest absolute Gasteiger partial charge is 0.385 e. The summed E-state index contributed by atoms with van der Waals surface area (Å²) in [5, 5.41) is 11.7. The molecule has 0 unspecified atom stereocenters. The van der Waals surface area contributed by atoms with Crippen molar-refractivity contribution < 1.29 is 0 Å². The fourth-order valence-corrected chi connectivity index (χ4v) is 2.20. The zero-order chi connectivity index (χ0) is 14.0. The first-order valence-electron chi connectivity index (χ1n) is 7.61. The molecule has 2 aromatic rings. The van der Waals surface area contributed by atoms with Gasteiger partial charge >= 0.3 is 0 Å². The van der Waals surface area contributed by atoms with Crippen LogP contribution in [0.3, 0.4) is 0 Å². The van der Waals surface area contributed by atoms with Crippen molar-refractivity contribution in [1.82, 2.24) is 15.0 Å². The molecule has 0 aliphatic rings. The lowest BCUT2D eigenvalue weighted by Crippen LogP contribution is -2.02. The predicted molar refractivity (Wildman–Crippen MR) is 83.2 cm³/mol. The third kappa shape index (κ3) is 4.68. The first-order valence-corrected chi connectivity index (χ1v) is 7.61. The van der Waals surface area contributed by atoms with E-state index in [1.54, 1.807) is 17.2 Å². The molecule has 1 aromatic heterocycles. The minimum absolute atomic E-state index is 0.986.